The molecule has 2 atom stereocenters. The summed E-state index contributed by atoms with van der Waals surface area (Å²) in [7, 11) is 0. The summed E-state index contributed by atoms with van der Waals surface area (Å²) >= 11 is 0. The lowest BCUT2D eigenvalue weighted by atomic mass is 9.99. The van der Waals surface area contributed by atoms with E-state index in [9.17, 15) is 4.79 Å². The molecular formula is C16H33N2O5+. The molecule has 1 heterocycles. The van der Waals surface area contributed by atoms with Gasteiger partial charge in [0.1, 0.15) is 0 Å². The Bertz CT molecular complexity index is 301. The average Bonchev–Trinajstić information content (AvgIpc) is 2.58. The Kier molecular flexibility index (Phi) is 11.2. The molecule has 1 amide bonds. The van der Waals surface area contributed by atoms with E-state index in [4.69, 9.17) is 18.9 Å². The molecule has 0 saturated carbocycles. The van der Waals surface area contributed by atoms with Crippen molar-refractivity contribution < 1.29 is 29.5 Å². The van der Waals surface area contributed by atoms with Crippen LogP contribution in [0.4, 0.5) is 0 Å². The monoisotopic (exact) mass is 333 g/mol. The standard InChI is InChI=1S/C16H32N2O5/c1-3-14(2)15(17)16(19)18-4-6-20-8-10-22-12-13-23-11-9-21-7-5-18/h14-15H,3-13,17H2,1-2H3/p+1/t14-,15+/m1/s1. The minimum atomic E-state index is -0.228. The van der Waals surface area contributed by atoms with Crippen LogP contribution in [0.15, 0.2) is 0 Å². The summed E-state index contributed by atoms with van der Waals surface area (Å²) in [6.07, 6.45) is 0.940. The third kappa shape index (κ3) is 8.62. The first-order valence-electron chi connectivity index (χ1n) is 8.59. The molecule has 0 radical (unpaired) electrons. The SMILES string of the molecule is CC[C@@H](C)[C@H]([NH3+])C(=O)N1CCOCCOCCOCCOCC1. The molecule has 0 unspecified atom stereocenters. The number of hydrogen-bond acceptors (Lipinski definition) is 5. The van der Waals surface area contributed by atoms with Gasteiger partial charge in [-0.3, -0.25) is 4.79 Å². The number of quaternary nitrogens is 1. The fraction of sp³-hybridized carbons (Fsp3) is 0.938. The van der Waals surface area contributed by atoms with E-state index in [-0.39, 0.29) is 17.9 Å². The first-order chi connectivity index (χ1) is 11.2. The Hall–Kier alpha value is -0.730. The first-order valence-corrected chi connectivity index (χ1v) is 8.59. The molecular weight excluding hydrogens is 300 g/mol. The van der Waals surface area contributed by atoms with Crippen LogP contribution in [0.5, 0.6) is 0 Å². The van der Waals surface area contributed by atoms with E-state index in [1.54, 1.807) is 4.90 Å². The molecule has 1 aliphatic heterocycles. The van der Waals surface area contributed by atoms with Crippen LogP contribution in [-0.2, 0) is 23.7 Å². The molecule has 7 nitrogen and oxygen atoms in total. The molecule has 1 rings (SSSR count). The summed E-state index contributed by atoms with van der Waals surface area (Å²) in [6, 6.07) is -0.228. The van der Waals surface area contributed by atoms with Crippen molar-refractivity contribution in [2.24, 2.45) is 5.92 Å². The molecule has 0 aromatic rings. The lowest BCUT2D eigenvalue weighted by Gasteiger charge is -2.26. The van der Waals surface area contributed by atoms with E-state index >= 15 is 0 Å². The molecule has 0 spiro atoms. The Balaban J connectivity index is 2.49. The van der Waals surface area contributed by atoms with Gasteiger partial charge in [0.2, 0.25) is 0 Å². The molecule has 1 fully saturated rings. The topological polar surface area (TPSA) is 84.9 Å². The zero-order chi connectivity index (χ0) is 16.9. The molecule has 23 heavy (non-hydrogen) atoms. The quantitative estimate of drug-likeness (QED) is 0.756. The Morgan fingerprint density at radius 1 is 0.913 bits per heavy atom. The van der Waals surface area contributed by atoms with Crippen LogP contribution in [0.3, 0.4) is 0 Å². The van der Waals surface area contributed by atoms with Gasteiger partial charge in [-0.15, -0.1) is 0 Å². The molecule has 3 N–H and O–H groups in total. The lowest BCUT2D eigenvalue weighted by molar-refractivity contribution is -0.417. The van der Waals surface area contributed by atoms with E-state index in [1.165, 1.54) is 0 Å². The fourth-order valence-corrected chi connectivity index (χ4v) is 2.21. The van der Waals surface area contributed by atoms with Gasteiger partial charge in [0.25, 0.3) is 5.91 Å². The molecule has 136 valence electrons. The summed E-state index contributed by atoms with van der Waals surface area (Å²) in [5.41, 5.74) is 4.04. The maximum atomic E-state index is 12.6. The van der Waals surface area contributed by atoms with Crippen molar-refractivity contribution in [2.75, 3.05) is 65.9 Å². The van der Waals surface area contributed by atoms with Crippen molar-refractivity contribution in [3.8, 4) is 0 Å². The second kappa shape index (κ2) is 12.7. The van der Waals surface area contributed by atoms with E-state index in [0.717, 1.165) is 6.42 Å². The van der Waals surface area contributed by atoms with E-state index in [1.807, 2.05) is 0 Å². The normalized spacial score (nSPS) is 22.7. The van der Waals surface area contributed by atoms with Crippen molar-refractivity contribution in [1.82, 2.24) is 4.90 Å². The van der Waals surface area contributed by atoms with Crippen molar-refractivity contribution in [3.05, 3.63) is 0 Å². The average molecular weight is 333 g/mol. The smallest absolute Gasteiger partial charge is 0.281 e. The van der Waals surface area contributed by atoms with Crippen molar-refractivity contribution in [1.29, 1.82) is 0 Å². The number of nitrogens with zero attached hydrogens (tertiary/aromatic N) is 1. The third-order valence-corrected chi connectivity index (χ3v) is 4.09. The summed E-state index contributed by atoms with van der Waals surface area (Å²) < 4.78 is 21.8. The maximum Gasteiger partial charge on any atom is 0.281 e. The first kappa shape index (κ1) is 20.3. The number of carbonyl (C=O) groups excluding carboxylic acids is 1. The van der Waals surface area contributed by atoms with Gasteiger partial charge in [-0.25, -0.2) is 0 Å². The number of amides is 1. The van der Waals surface area contributed by atoms with Crippen molar-refractivity contribution in [3.63, 3.8) is 0 Å². The molecule has 0 aliphatic carbocycles. The van der Waals surface area contributed by atoms with Gasteiger partial charge in [0, 0.05) is 19.0 Å². The number of rotatable bonds is 3. The highest BCUT2D eigenvalue weighted by molar-refractivity contribution is 5.80. The minimum absolute atomic E-state index is 0.0726. The number of ether oxygens (including phenoxy) is 4. The van der Waals surface area contributed by atoms with E-state index in [2.05, 4.69) is 19.6 Å². The largest absolute Gasteiger partial charge is 0.377 e. The predicted octanol–water partition coefficient (Wildman–Crippen LogP) is -0.448. The van der Waals surface area contributed by atoms with Crippen LogP contribution in [0, 0.1) is 5.92 Å². The van der Waals surface area contributed by atoms with Crippen LogP contribution in [0.25, 0.3) is 0 Å². The highest BCUT2D eigenvalue weighted by Gasteiger charge is 2.28. The Morgan fingerprint density at radius 3 is 1.70 bits per heavy atom. The second-order valence-electron chi connectivity index (χ2n) is 5.77. The van der Waals surface area contributed by atoms with E-state index < -0.39 is 0 Å². The number of carbonyl (C=O) groups is 1. The Morgan fingerprint density at radius 2 is 1.30 bits per heavy atom. The molecule has 7 heteroatoms. The zero-order valence-corrected chi connectivity index (χ0v) is 14.6. The molecule has 1 aliphatic rings. The Labute approximate surface area is 139 Å². The highest BCUT2D eigenvalue weighted by Crippen LogP contribution is 2.07. The van der Waals surface area contributed by atoms with Crippen LogP contribution in [-0.4, -0.2) is 82.8 Å². The van der Waals surface area contributed by atoms with Crippen LogP contribution < -0.4 is 5.73 Å². The van der Waals surface area contributed by atoms with Gasteiger partial charge < -0.3 is 29.6 Å². The zero-order valence-electron chi connectivity index (χ0n) is 14.6. The van der Waals surface area contributed by atoms with Gasteiger partial charge in [0.15, 0.2) is 6.04 Å². The van der Waals surface area contributed by atoms with Gasteiger partial charge in [-0.2, -0.15) is 0 Å². The summed E-state index contributed by atoms with van der Waals surface area (Å²) in [4.78, 5) is 14.4. The third-order valence-electron chi connectivity index (χ3n) is 4.09. The fourth-order valence-electron chi connectivity index (χ4n) is 2.21. The van der Waals surface area contributed by atoms with Gasteiger partial charge >= 0.3 is 0 Å². The van der Waals surface area contributed by atoms with Crippen LogP contribution in [0.1, 0.15) is 20.3 Å². The van der Waals surface area contributed by atoms with Gasteiger partial charge in [0.05, 0.1) is 52.9 Å². The van der Waals surface area contributed by atoms with Crippen molar-refractivity contribution >= 4 is 5.91 Å². The second-order valence-corrected chi connectivity index (χ2v) is 5.77. The summed E-state index contributed by atoms with van der Waals surface area (Å²) in [5, 5.41) is 0. The lowest BCUT2D eigenvalue weighted by Crippen LogP contribution is -2.70. The molecule has 0 aromatic heterocycles. The maximum absolute atomic E-state index is 12.6. The summed E-state index contributed by atoms with van der Waals surface area (Å²) in [5.74, 6) is 0.339. The molecule has 0 aromatic carbocycles. The highest BCUT2D eigenvalue weighted by atomic mass is 16.6. The van der Waals surface area contributed by atoms with Crippen LogP contribution >= 0.6 is 0 Å². The van der Waals surface area contributed by atoms with Crippen LogP contribution in [0.2, 0.25) is 0 Å². The van der Waals surface area contributed by atoms with Crippen molar-refractivity contribution in [2.45, 2.75) is 26.3 Å². The van der Waals surface area contributed by atoms with Gasteiger partial charge in [-0.05, 0) is 6.42 Å². The number of hydrogen-bond donors (Lipinski definition) is 1. The molecule has 1 saturated heterocycles. The van der Waals surface area contributed by atoms with Gasteiger partial charge in [-0.1, -0.05) is 13.8 Å². The van der Waals surface area contributed by atoms with E-state index in [0.29, 0.717) is 65.9 Å². The molecule has 0 bridgehead atoms. The predicted molar refractivity (Wildman–Crippen MR) is 86.0 cm³/mol. The minimum Gasteiger partial charge on any atom is -0.377 e. The summed E-state index contributed by atoms with van der Waals surface area (Å²) in [6.45, 7) is 9.50.